The van der Waals surface area contributed by atoms with Crippen LogP contribution in [0.5, 0.6) is 0 Å². The molecule has 1 aromatic rings. The summed E-state index contributed by atoms with van der Waals surface area (Å²) in [5.74, 6) is -0.700. The van der Waals surface area contributed by atoms with Crippen LogP contribution in [0.3, 0.4) is 0 Å². The largest absolute Gasteiger partial charge is 0.368 e. The first-order valence-corrected chi connectivity index (χ1v) is 6.98. The lowest BCUT2D eigenvalue weighted by atomic mass is 10.1. The van der Waals surface area contributed by atoms with Gasteiger partial charge in [0.1, 0.15) is 17.5 Å². The standard InChI is InChI=1S/C14H18FN3O3/c1-10(14(19)17-7-3-2-4-8-17)16-12-9-11(15)5-6-13(12)18(20)21/h5-6,9-10,16H,2-4,7-8H2,1H3. The van der Waals surface area contributed by atoms with Crippen LogP contribution >= 0.6 is 0 Å². The summed E-state index contributed by atoms with van der Waals surface area (Å²) in [5, 5.41) is 13.7. The van der Waals surface area contributed by atoms with E-state index in [4.69, 9.17) is 0 Å². The summed E-state index contributed by atoms with van der Waals surface area (Å²) >= 11 is 0. The van der Waals surface area contributed by atoms with Gasteiger partial charge >= 0.3 is 0 Å². The number of carbonyl (C=O) groups is 1. The van der Waals surface area contributed by atoms with Crippen LogP contribution in [-0.2, 0) is 4.79 Å². The van der Waals surface area contributed by atoms with Crippen LogP contribution in [0.15, 0.2) is 18.2 Å². The van der Waals surface area contributed by atoms with E-state index in [1.807, 2.05) is 0 Å². The Morgan fingerprint density at radius 1 is 1.38 bits per heavy atom. The molecule has 2 rings (SSSR count). The van der Waals surface area contributed by atoms with Crippen LogP contribution < -0.4 is 5.32 Å². The molecule has 1 unspecified atom stereocenters. The van der Waals surface area contributed by atoms with E-state index in [1.54, 1.807) is 11.8 Å². The van der Waals surface area contributed by atoms with E-state index in [1.165, 1.54) is 0 Å². The molecule has 6 nitrogen and oxygen atoms in total. The molecule has 0 aliphatic carbocycles. The number of nitrogens with zero attached hydrogens (tertiary/aromatic N) is 2. The predicted octanol–water partition coefficient (Wildman–Crippen LogP) is 2.55. The van der Waals surface area contributed by atoms with E-state index in [0.717, 1.165) is 37.5 Å². The first-order valence-electron chi connectivity index (χ1n) is 6.98. The molecule has 0 aromatic heterocycles. The molecule has 1 aliphatic rings. The van der Waals surface area contributed by atoms with E-state index >= 15 is 0 Å². The number of nitro benzene ring substituents is 1. The van der Waals surface area contributed by atoms with Crippen molar-refractivity contribution in [2.45, 2.75) is 32.2 Å². The SMILES string of the molecule is CC(Nc1cc(F)ccc1[N+](=O)[O-])C(=O)N1CCCCC1. The Morgan fingerprint density at radius 3 is 2.67 bits per heavy atom. The minimum absolute atomic E-state index is 0.0258. The van der Waals surface area contributed by atoms with Crippen molar-refractivity contribution in [3.8, 4) is 0 Å². The molecule has 0 bridgehead atoms. The van der Waals surface area contributed by atoms with Crippen molar-refractivity contribution >= 4 is 17.3 Å². The summed E-state index contributed by atoms with van der Waals surface area (Å²) in [6.07, 6.45) is 3.05. The second kappa shape index (κ2) is 6.51. The zero-order chi connectivity index (χ0) is 15.4. The summed E-state index contributed by atoms with van der Waals surface area (Å²) in [7, 11) is 0. The van der Waals surface area contributed by atoms with Crippen LogP contribution in [0, 0.1) is 15.9 Å². The zero-order valence-corrected chi connectivity index (χ0v) is 11.8. The molecule has 1 fully saturated rings. The van der Waals surface area contributed by atoms with Crippen LogP contribution in [0.25, 0.3) is 0 Å². The second-order valence-corrected chi connectivity index (χ2v) is 5.17. The molecule has 1 amide bonds. The first kappa shape index (κ1) is 15.2. The van der Waals surface area contributed by atoms with Gasteiger partial charge in [0.25, 0.3) is 5.69 Å². The fraction of sp³-hybridized carbons (Fsp3) is 0.500. The van der Waals surface area contributed by atoms with Gasteiger partial charge in [-0.3, -0.25) is 14.9 Å². The summed E-state index contributed by atoms with van der Waals surface area (Å²) < 4.78 is 13.3. The molecule has 0 spiro atoms. The van der Waals surface area contributed by atoms with Crippen molar-refractivity contribution in [1.29, 1.82) is 0 Å². The van der Waals surface area contributed by atoms with E-state index < -0.39 is 16.8 Å². The van der Waals surface area contributed by atoms with Crippen molar-refractivity contribution in [3.05, 3.63) is 34.1 Å². The van der Waals surface area contributed by atoms with E-state index in [9.17, 15) is 19.3 Å². The molecule has 1 atom stereocenters. The van der Waals surface area contributed by atoms with Gasteiger partial charge in [0.2, 0.25) is 5.91 Å². The molecule has 0 saturated carbocycles. The topological polar surface area (TPSA) is 75.5 Å². The Kier molecular flexibility index (Phi) is 4.72. The smallest absolute Gasteiger partial charge is 0.292 e. The Bertz CT molecular complexity index is 544. The molecule has 1 aromatic carbocycles. The highest BCUT2D eigenvalue weighted by Gasteiger charge is 2.24. The van der Waals surface area contributed by atoms with Gasteiger partial charge in [-0.25, -0.2) is 4.39 Å². The number of likely N-dealkylation sites (tertiary alicyclic amines) is 1. The van der Waals surface area contributed by atoms with E-state index in [2.05, 4.69) is 5.32 Å². The lowest BCUT2D eigenvalue weighted by molar-refractivity contribution is -0.384. The Hall–Kier alpha value is -2.18. The Labute approximate surface area is 122 Å². The summed E-state index contributed by atoms with van der Waals surface area (Å²) in [5.41, 5.74) is -0.215. The van der Waals surface area contributed by atoms with Crippen molar-refractivity contribution in [1.82, 2.24) is 4.90 Å². The highest BCUT2D eigenvalue weighted by Crippen LogP contribution is 2.26. The number of halogens is 1. The quantitative estimate of drug-likeness (QED) is 0.684. The van der Waals surface area contributed by atoms with Gasteiger partial charge < -0.3 is 10.2 Å². The Balaban J connectivity index is 2.11. The highest BCUT2D eigenvalue weighted by atomic mass is 19.1. The molecule has 1 heterocycles. The maximum Gasteiger partial charge on any atom is 0.292 e. The number of benzene rings is 1. The number of amides is 1. The van der Waals surface area contributed by atoms with Gasteiger partial charge in [0.15, 0.2) is 0 Å². The predicted molar refractivity (Wildman–Crippen MR) is 76.6 cm³/mol. The van der Waals surface area contributed by atoms with Gasteiger partial charge in [0, 0.05) is 25.2 Å². The van der Waals surface area contributed by atoms with Gasteiger partial charge in [-0.05, 0) is 32.3 Å². The van der Waals surface area contributed by atoms with Crippen LogP contribution in [0.1, 0.15) is 26.2 Å². The third kappa shape index (κ3) is 3.68. The van der Waals surface area contributed by atoms with Crippen molar-refractivity contribution < 1.29 is 14.1 Å². The monoisotopic (exact) mass is 295 g/mol. The number of anilines is 1. The second-order valence-electron chi connectivity index (χ2n) is 5.17. The minimum Gasteiger partial charge on any atom is -0.368 e. The molecule has 7 heteroatoms. The van der Waals surface area contributed by atoms with Crippen molar-refractivity contribution in [2.24, 2.45) is 0 Å². The molecule has 21 heavy (non-hydrogen) atoms. The maximum atomic E-state index is 13.3. The normalized spacial score (nSPS) is 16.4. The zero-order valence-electron chi connectivity index (χ0n) is 11.8. The Morgan fingerprint density at radius 2 is 2.05 bits per heavy atom. The van der Waals surface area contributed by atoms with Gasteiger partial charge in [-0.15, -0.1) is 0 Å². The average Bonchev–Trinajstić information content (AvgIpc) is 2.47. The fourth-order valence-corrected chi connectivity index (χ4v) is 2.47. The van der Waals surface area contributed by atoms with Crippen LogP contribution in [0.4, 0.5) is 15.8 Å². The maximum absolute atomic E-state index is 13.3. The summed E-state index contributed by atoms with van der Waals surface area (Å²) in [6.45, 7) is 3.04. The third-order valence-electron chi connectivity index (χ3n) is 3.57. The number of nitro groups is 1. The number of nitrogens with one attached hydrogen (secondary N) is 1. The van der Waals surface area contributed by atoms with Gasteiger partial charge in [0.05, 0.1) is 4.92 Å². The highest BCUT2D eigenvalue weighted by molar-refractivity contribution is 5.85. The average molecular weight is 295 g/mol. The van der Waals surface area contributed by atoms with Gasteiger partial charge in [-0.2, -0.15) is 0 Å². The number of rotatable bonds is 4. The number of piperidine rings is 1. The molecule has 1 aliphatic heterocycles. The molecular formula is C14H18FN3O3. The fourth-order valence-electron chi connectivity index (χ4n) is 2.47. The number of carbonyl (C=O) groups excluding carboxylic acids is 1. The summed E-state index contributed by atoms with van der Waals surface area (Å²) in [6, 6.07) is 2.53. The molecule has 1 N–H and O–H groups in total. The van der Waals surface area contributed by atoms with Gasteiger partial charge in [-0.1, -0.05) is 0 Å². The van der Waals surface area contributed by atoms with Crippen LogP contribution in [-0.4, -0.2) is 34.9 Å². The van der Waals surface area contributed by atoms with Crippen molar-refractivity contribution in [2.75, 3.05) is 18.4 Å². The summed E-state index contributed by atoms with van der Waals surface area (Å²) in [4.78, 5) is 24.3. The molecule has 114 valence electrons. The van der Waals surface area contributed by atoms with Crippen molar-refractivity contribution in [3.63, 3.8) is 0 Å². The minimum atomic E-state index is -0.636. The lowest BCUT2D eigenvalue weighted by Crippen LogP contribution is -2.43. The first-order chi connectivity index (χ1) is 9.99. The molecule has 1 saturated heterocycles. The number of hydrogen-bond acceptors (Lipinski definition) is 4. The number of hydrogen-bond donors (Lipinski definition) is 1. The third-order valence-corrected chi connectivity index (χ3v) is 3.57. The van der Waals surface area contributed by atoms with E-state index in [-0.39, 0.29) is 17.3 Å². The molecule has 0 radical (unpaired) electrons. The van der Waals surface area contributed by atoms with E-state index in [0.29, 0.717) is 13.1 Å². The lowest BCUT2D eigenvalue weighted by Gasteiger charge is -2.29. The molecular weight excluding hydrogens is 277 g/mol. The van der Waals surface area contributed by atoms with Crippen LogP contribution in [0.2, 0.25) is 0 Å².